The summed E-state index contributed by atoms with van der Waals surface area (Å²) >= 11 is 13.1. The van der Waals surface area contributed by atoms with Crippen LogP contribution in [0, 0.1) is 0 Å². The number of benzene rings is 2. The summed E-state index contributed by atoms with van der Waals surface area (Å²) in [5.74, 6) is -0.336. The molecular formula is C18H15Cl2NO2S. The quantitative estimate of drug-likeness (QED) is 0.336. The van der Waals surface area contributed by atoms with Crippen molar-refractivity contribution >= 4 is 46.5 Å². The van der Waals surface area contributed by atoms with Crippen LogP contribution >= 0.6 is 35.0 Å². The minimum Gasteiger partial charge on any atom is -0.393 e. The Morgan fingerprint density at radius 2 is 1.75 bits per heavy atom. The van der Waals surface area contributed by atoms with Crippen LogP contribution in [0.3, 0.4) is 0 Å². The van der Waals surface area contributed by atoms with E-state index in [-0.39, 0.29) is 21.2 Å². The predicted molar refractivity (Wildman–Crippen MR) is 100 cm³/mol. The molecule has 0 aliphatic rings. The van der Waals surface area contributed by atoms with Crippen LogP contribution in [0.15, 0.2) is 59.1 Å². The molecule has 3 nitrogen and oxygen atoms in total. The smallest absolute Gasteiger partial charge is 0.200 e. The van der Waals surface area contributed by atoms with Crippen LogP contribution in [0.1, 0.15) is 22.8 Å². The van der Waals surface area contributed by atoms with Crippen molar-refractivity contribution in [2.45, 2.75) is 12.7 Å². The summed E-state index contributed by atoms with van der Waals surface area (Å²) in [6, 6.07) is 14.1. The van der Waals surface area contributed by atoms with Gasteiger partial charge in [0.25, 0.3) is 0 Å². The van der Waals surface area contributed by atoms with Gasteiger partial charge in [-0.05, 0) is 30.7 Å². The molecule has 0 aliphatic heterocycles. The first kappa shape index (κ1) is 18.6. The first-order chi connectivity index (χ1) is 11.4. The van der Waals surface area contributed by atoms with Gasteiger partial charge in [-0.25, -0.2) is 0 Å². The highest BCUT2D eigenvalue weighted by molar-refractivity contribution is 8.02. The molecule has 2 aromatic rings. The molecule has 0 saturated carbocycles. The number of thioether (sulfide) groups is 1. The Kier molecular flexibility index (Phi) is 6.49. The molecule has 0 saturated heterocycles. The highest BCUT2D eigenvalue weighted by atomic mass is 35.5. The van der Waals surface area contributed by atoms with Crippen molar-refractivity contribution in [1.29, 1.82) is 0 Å². The number of ketones is 2. The first-order valence-electron chi connectivity index (χ1n) is 7.07. The Morgan fingerprint density at radius 1 is 1.08 bits per heavy atom. The molecule has 0 amide bonds. The van der Waals surface area contributed by atoms with Gasteiger partial charge in [0.05, 0.1) is 15.6 Å². The van der Waals surface area contributed by atoms with Crippen LogP contribution in [0.5, 0.6) is 0 Å². The molecule has 0 spiro atoms. The first-order valence-corrected chi connectivity index (χ1v) is 8.81. The lowest BCUT2D eigenvalue weighted by Gasteiger charge is -2.10. The maximum Gasteiger partial charge on any atom is 0.200 e. The molecule has 0 aliphatic carbocycles. The van der Waals surface area contributed by atoms with E-state index in [0.29, 0.717) is 10.8 Å². The number of carbonyl (C=O) groups excluding carboxylic acids is 2. The predicted octanol–water partition coefficient (Wildman–Crippen LogP) is 4.87. The van der Waals surface area contributed by atoms with Gasteiger partial charge in [0.1, 0.15) is 0 Å². The van der Waals surface area contributed by atoms with Crippen LogP contribution in [-0.2, 0) is 10.5 Å². The second-order valence-corrected chi connectivity index (χ2v) is 6.88. The van der Waals surface area contributed by atoms with E-state index >= 15 is 0 Å². The third kappa shape index (κ3) is 4.63. The highest BCUT2D eigenvalue weighted by Gasteiger charge is 2.22. The second-order valence-electron chi connectivity index (χ2n) is 5.02. The van der Waals surface area contributed by atoms with E-state index in [1.807, 2.05) is 30.3 Å². The van der Waals surface area contributed by atoms with Crippen molar-refractivity contribution < 1.29 is 9.59 Å². The van der Waals surface area contributed by atoms with E-state index in [1.54, 1.807) is 6.07 Å². The number of nitrogens with two attached hydrogens (primary N) is 1. The van der Waals surface area contributed by atoms with E-state index in [0.717, 1.165) is 5.56 Å². The SMILES string of the molecule is CC(=O)/C(C(=O)c1ccc(Cl)cc1Cl)=C(/N)SCc1ccccc1. The second kappa shape index (κ2) is 8.38. The number of halogens is 2. The lowest BCUT2D eigenvalue weighted by atomic mass is 10.0. The number of allylic oxidation sites excluding steroid dienone is 1. The number of hydrogen-bond donors (Lipinski definition) is 1. The van der Waals surface area contributed by atoms with E-state index < -0.39 is 11.6 Å². The van der Waals surface area contributed by atoms with Crippen molar-refractivity contribution in [2.24, 2.45) is 5.73 Å². The van der Waals surface area contributed by atoms with Crippen molar-refractivity contribution in [3.05, 3.63) is 80.3 Å². The van der Waals surface area contributed by atoms with Crippen molar-refractivity contribution in [2.75, 3.05) is 0 Å². The lowest BCUT2D eigenvalue weighted by molar-refractivity contribution is -0.113. The topological polar surface area (TPSA) is 60.2 Å². The Bertz CT molecular complexity index is 804. The number of rotatable bonds is 6. The van der Waals surface area contributed by atoms with Gasteiger partial charge < -0.3 is 5.73 Å². The third-order valence-electron chi connectivity index (χ3n) is 3.24. The molecule has 0 bridgehead atoms. The zero-order valence-corrected chi connectivity index (χ0v) is 15.2. The maximum absolute atomic E-state index is 12.7. The van der Waals surface area contributed by atoms with Crippen LogP contribution < -0.4 is 5.73 Å². The van der Waals surface area contributed by atoms with Gasteiger partial charge in [0.2, 0.25) is 5.78 Å². The fourth-order valence-electron chi connectivity index (χ4n) is 2.06. The van der Waals surface area contributed by atoms with Gasteiger partial charge in [-0.2, -0.15) is 0 Å². The lowest BCUT2D eigenvalue weighted by Crippen LogP contribution is -2.16. The van der Waals surface area contributed by atoms with Gasteiger partial charge in [0.15, 0.2) is 5.78 Å². The molecule has 0 aromatic heterocycles. The summed E-state index contributed by atoms with van der Waals surface area (Å²) in [7, 11) is 0. The summed E-state index contributed by atoms with van der Waals surface area (Å²) < 4.78 is 0. The van der Waals surface area contributed by atoms with Gasteiger partial charge in [-0.15, -0.1) is 11.8 Å². The number of Topliss-reactive ketones (excluding diaryl/α,β-unsaturated/α-hetero) is 2. The maximum atomic E-state index is 12.7. The standard InChI is InChI=1S/C18H15Cl2NO2S/c1-11(22)16(17(23)14-8-7-13(19)9-15(14)20)18(21)24-10-12-5-3-2-4-6-12/h2-9H,10,21H2,1H3/b18-16+. The Balaban J connectivity index is 2.29. The molecule has 0 unspecified atom stereocenters. The molecule has 2 rings (SSSR count). The molecule has 0 atom stereocenters. The molecule has 24 heavy (non-hydrogen) atoms. The van der Waals surface area contributed by atoms with Gasteiger partial charge >= 0.3 is 0 Å². The summed E-state index contributed by atoms with van der Waals surface area (Å²) in [5, 5.41) is 0.783. The average Bonchev–Trinajstić information content (AvgIpc) is 2.53. The van der Waals surface area contributed by atoms with E-state index in [1.165, 1.54) is 30.8 Å². The summed E-state index contributed by atoms with van der Waals surface area (Å²) in [6.45, 7) is 1.31. The van der Waals surface area contributed by atoms with Crippen LogP contribution in [0.25, 0.3) is 0 Å². The van der Waals surface area contributed by atoms with Crippen molar-refractivity contribution in [3.63, 3.8) is 0 Å². The zero-order valence-electron chi connectivity index (χ0n) is 12.9. The summed E-state index contributed by atoms with van der Waals surface area (Å²) in [6.07, 6.45) is 0. The monoisotopic (exact) mass is 379 g/mol. The van der Waals surface area contributed by atoms with Gasteiger partial charge in [0, 0.05) is 16.3 Å². The normalized spacial score (nSPS) is 11.8. The number of hydrogen-bond acceptors (Lipinski definition) is 4. The molecule has 2 aromatic carbocycles. The van der Waals surface area contributed by atoms with Gasteiger partial charge in [-0.1, -0.05) is 53.5 Å². The van der Waals surface area contributed by atoms with E-state index in [4.69, 9.17) is 28.9 Å². The third-order valence-corrected chi connectivity index (χ3v) is 4.78. The van der Waals surface area contributed by atoms with Crippen molar-refractivity contribution in [3.8, 4) is 0 Å². The van der Waals surface area contributed by atoms with Crippen LogP contribution in [0.2, 0.25) is 10.0 Å². The van der Waals surface area contributed by atoms with Crippen LogP contribution in [-0.4, -0.2) is 11.6 Å². The largest absolute Gasteiger partial charge is 0.393 e. The highest BCUT2D eigenvalue weighted by Crippen LogP contribution is 2.27. The average molecular weight is 380 g/mol. The minimum atomic E-state index is -0.498. The molecule has 124 valence electrons. The minimum absolute atomic E-state index is 0.0554. The molecule has 0 fully saturated rings. The summed E-state index contributed by atoms with van der Waals surface area (Å²) in [4.78, 5) is 24.6. The number of carbonyl (C=O) groups is 2. The molecule has 0 heterocycles. The summed E-state index contributed by atoms with van der Waals surface area (Å²) in [5.41, 5.74) is 7.21. The Morgan fingerprint density at radius 3 is 2.33 bits per heavy atom. The molecule has 6 heteroatoms. The molecule has 2 N–H and O–H groups in total. The molecular weight excluding hydrogens is 365 g/mol. The Labute approximate surface area is 154 Å². The van der Waals surface area contributed by atoms with Crippen molar-refractivity contribution in [1.82, 2.24) is 0 Å². The van der Waals surface area contributed by atoms with Crippen LogP contribution in [0.4, 0.5) is 0 Å². The fraction of sp³-hybridized carbons (Fsp3) is 0.111. The van der Waals surface area contributed by atoms with Gasteiger partial charge in [-0.3, -0.25) is 9.59 Å². The Hall–Kier alpha value is -1.75. The van der Waals surface area contributed by atoms with E-state index in [9.17, 15) is 9.59 Å². The molecule has 0 radical (unpaired) electrons. The zero-order chi connectivity index (χ0) is 17.7. The fourth-order valence-corrected chi connectivity index (χ4v) is 3.45. The van der Waals surface area contributed by atoms with E-state index in [2.05, 4.69) is 0 Å².